The Balaban J connectivity index is 1.12. The van der Waals surface area contributed by atoms with Crippen LogP contribution >= 0.6 is 0 Å². The molecule has 6 heteroatoms. The third kappa shape index (κ3) is 6.07. The normalized spacial score (nSPS) is 17.9. The van der Waals surface area contributed by atoms with E-state index >= 15 is 0 Å². The smallest absolute Gasteiger partial charge is 0.228 e. The van der Waals surface area contributed by atoms with Crippen LogP contribution in [-0.2, 0) is 22.4 Å². The summed E-state index contributed by atoms with van der Waals surface area (Å²) in [5.74, 6) is 0.909. The Morgan fingerprint density at radius 3 is 2.53 bits per heavy atom. The fraction of sp³-hybridized carbons (Fsp3) is 0.367. The topological polar surface area (TPSA) is 54.0 Å². The number of hydrogen-bond donors (Lipinski definition) is 1. The van der Waals surface area contributed by atoms with E-state index in [-0.39, 0.29) is 12.0 Å². The van der Waals surface area contributed by atoms with E-state index in [4.69, 9.17) is 9.47 Å². The highest BCUT2D eigenvalue weighted by molar-refractivity contribution is 5.92. The average Bonchev–Trinajstić information content (AvgIpc) is 2.92. The van der Waals surface area contributed by atoms with E-state index < -0.39 is 0 Å². The lowest BCUT2D eigenvalue weighted by Gasteiger charge is -2.37. The maximum Gasteiger partial charge on any atom is 0.228 e. The number of nitrogens with zero attached hydrogens (tertiary/aromatic N) is 2. The minimum absolute atomic E-state index is 0.0125. The Bertz CT molecular complexity index is 1140. The van der Waals surface area contributed by atoms with Crippen LogP contribution in [0.3, 0.4) is 0 Å². The van der Waals surface area contributed by atoms with Crippen molar-refractivity contribution in [3.63, 3.8) is 0 Å². The second kappa shape index (κ2) is 11.6. The lowest BCUT2D eigenvalue weighted by molar-refractivity contribution is -0.115. The zero-order chi connectivity index (χ0) is 24.7. The van der Waals surface area contributed by atoms with E-state index in [0.717, 1.165) is 69.2 Å². The van der Waals surface area contributed by atoms with E-state index in [1.807, 2.05) is 42.5 Å². The van der Waals surface area contributed by atoms with Crippen LogP contribution in [0.1, 0.15) is 29.2 Å². The summed E-state index contributed by atoms with van der Waals surface area (Å²) in [7, 11) is 1.70. The van der Waals surface area contributed by atoms with Gasteiger partial charge >= 0.3 is 0 Å². The average molecular weight is 486 g/mol. The van der Waals surface area contributed by atoms with Crippen LogP contribution in [0.15, 0.2) is 72.8 Å². The number of carbonyl (C=O) groups excluding carboxylic acids is 1. The van der Waals surface area contributed by atoms with Crippen molar-refractivity contribution in [1.29, 1.82) is 0 Å². The molecular weight excluding hydrogens is 450 g/mol. The molecule has 36 heavy (non-hydrogen) atoms. The molecule has 1 N–H and O–H groups in total. The summed E-state index contributed by atoms with van der Waals surface area (Å²) in [5, 5.41) is 2.98. The van der Waals surface area contributed by atoms with Gasteiger partial charge in [0.15, 0.2) is 0 Å². The number of para-hydroxylation sites is 1. The molecule has 1 unspecified atom stereocenters. The number of ether oxygens (including phenoxy) is 2. The number of nitrogens with one attached hydrogen (secondary N) is 1. The van der Waals surface area contributed by atoms with Gasteiger partial charge in [0.2, 0.25) is 5.91 Å². The molecule has 2 aliphatic heterocycles. The molecule has 0 aliphatic carbocycles. The van der Waals surface area contributed by atoms with Gasteiger partial charge in [-0.1, -0.05) is 36.4 Å². The van der Waals surface area contributed by atoms with Crippen LogP contribution in [0.4, 0.5) is 11.4 Å². The van der Waals surface area contributed by atoms with Gasteiger partial charge < -0.3 is 19.7 Å². The summed E-state index contributed by atoms with van der Waals surface area (Å²) >= 11 is 0. The van der Waals surface area contributed by atoms with Crippen LogP contribution in [0.2, 0.25) is 0 Å². The Morgan fingerprint density at radius 2 is 1.78 bits per heavy atom. The molecule has 2 aliphatic rings. The number of piperazine rings is 1. The second-order valence-electron chi connectivity index (χ2n) is 9.55. The quantitative estimate of drug-likeness (QED) is 0.501. The molecule has 3 aromatic rings. The van der Waals surface area contributed by atoms with Crippen LogP contribution in [0.25, 0.3) is 0 Å². The van der Waals surface area contributed by atoms with Crippen molar-refractivity contribution in [2.45, 2.75) is 25.4 Å². The van der Waals surface area contributed by atoms with Gasteiger partial charge in [0.1, 0.15) is 5.75 Å². The van der Waals surface area contributed by atoms with E-state index in [1.54, 1.807) is 7.11 Å². The van der Waals surface area contributed by atoms with Gasteiger partial charge in [-0.25, -0.2) is 0 Å². The van der Waals surface area contributed by atoms with Gasteiger partial charge in [-0.3, -0.25) is 9.69 Å². The molecular formula is C30H35N3O3. The molecule has 0 spiro atoms. The van der Waals surface area contributed by atoms with E-state index in [2.05, 4.69) is 45.4 Å². The first-order chi connectivity index (χ1) is 17.7. The zero-order valence-electron chi connectivity index (χ0n) is 21.0. The predicted molar refractivity (Wildman–Crippen MR) is 144 cm³/mol. The van der Waals surface area contributed by atoms with Crippen molar-refractivity contribution in [3.05, 3.63) is 89.5 Å². The Hall–Kier alpha value is -3.35. The van der Waals surface area contributed by atoms with Gasteiger partial charge in [-0.15, -0.1) is 0 Å². The minimum atomic E-state index is 0.0125. The van der Waals surface area contributed by atoms with E-state index in [0.29, 0.717) is 6.42 Å². The lowest BCUT2D eigenvalue weighted by atomic mass is 9.93. The van der Waals surface area contributed by atoms with Crippen molar-refractivity contribution < 1.29 is 14.3 Å². The standard InChI is InChI=1S/C30H35N3O3/c1-35-27-10-8-26(9-11-27)33-18-16-32(17-19-33)15-13-29-28-12-7-23(21-24(28)14-20-36-29)22-30(34)31-25-5-3-2-4-6-25/h2-12,21,29H,13-20,22H2,1H3,(H,31,34). The highest BCUT2D eigenvalue weighted by atomic mass is 16.5. The minimum Gasteiger partial charge on any atom is -0.497 e. The first-order valence-electron chi connectivity index (χ1n) is 12.9. The molecule has 188 valence electrons. The Labute approximate surface area is 213 Å². The van der Waals surface area contributed by atoms with Crippen LogP contribution < -0.4 is 15.0 Å². The molecule has 1 atom stereocenters. The molecule has 2 heterocycles. The zero-order valence-corrected chi connectivity index (χ0v) is 21.0. The highest BCUT2D eigenvalue weighted by Gasteiger charge is 2.24. The number of rotatable bonds is 8. The van der Waals surface area contributed by atoms with Gasteiger partial charge in [0.05, 0.1) is 26.2 Å². The summed E-state index contributed by atoms with van der Waals surface area (Å²) in [6.07, 6.45) is 2.40. The number of benzene rings is 3. The van der Waals surface area contributed by atoms with Crippen molar-refractivity contribution in [2.75, 3.05) is 56.7 Å². The van der Waals surface area contributed by atoms with Crippen molar-refractivity contribution in [3.8, 4) is 5.75 Å². The predicted octanol–water partition coefficient (Wildman–Crippen LogP) is 4.70. The number of amides is 1. The number of fused-ring (bicyclic) bond motifs is 1. The number of carbonyl (C=O) groups is 1. The fourth-order valence-corrected chi connectivity index (χ4v) is 5.17. The maximum atomic E-state index is 12.5. The van der Waals surface area contributed by atoms with Crippen LogP contribution in [0, 0.1) is 0 Å². The SMILES string of the molecule is COc1ccc(N2CCN(CCC3OCCc4cc(CC(=O)Nc5ccccc5)ccc43)CC2)cc1. The van der Waals surface area contributed by atoms with Crippen molar-refractivity contribution in [2.24, 2.45) is 0 Å². The number of hydrogen-bond acceptors (Lipinski definition) is 5. The largest absolute Gasteiger partial charge is 0.497 e. The summed E-state index contributed by atoms with van der Waals surface area (Å²) < 4.78 is 11.5. The first-order valence-corrected chi connectivity index (χ1v) is 12.9. The monoisotopic (exact) mass is 485 g/mol. The molecule has 1 fully saturated rings. The Kier molecular flexibility index (Phi) is 7.84. The van der Waals surface area contributed by atoms with Crippen LogP contribution in [-0.4, -0.2) is 57.2 Å². The lowest BCUT2D eigenvalue weighted by Crippen LogP contribution is -2.46. The van der Waals surface area contributed by atoms with Gasteiger partial charge in [0.25, 0.3) is 0 Å². The second-order valence-corrected chi connectivity index (χ2v) is 9.55. The van der Waals surface area contributed by atoms with Crippen molar-refractivity contribution in [1.82, 2.24) is 4.90 Å². The molecule has 1 saturated heterocycles. The van der Waals surface area contributed by atoms with Gasteiger partial charge in [-0.2, -0.15) is 0 Å². The van der Waals surface area contributed by atoms with Gasteiger partial charge in [0, 0.05) is 44.1 Å². The molecule has 1 amide bonds. The molecule has 0 saturated carbocycles. The molecule has 3 aromatic carbocycles. The third-order valence-electron chi connectivity index (χ3n) is 7.18. The summed E-state index contributed by atoms with van der Waals surface area (Å²) in [6, 6.07) is 24.4. The third-order valence-corrected chi connectivity index (χ3v) is 7.18. The van der Waals surface area contributed by atoms with Crippen molar-refractivity contribution >= 4 is 17.3 Å². The number of methoxy groups -OCH3 is 1. The summed E-state index contributed by atoms with van der Waals surface area (Å²) in [4.78, 5) is 17.5. The first kappa shape index (κ1) is 24.3. The summed E-state index contributed by atoms with van der Waals surface area (Å²) in [6.45, 7) is 5.94. The fourth-order valence-electron chi connectivity index (χ4n) is 5.17. The molecule has 6 nitrogen and oxygen atoms in total. The molecule has 0 bridgehead atoms. The van der Waals surface area contributed by atoms with Gasteiger partial charge in [-0.05, 0) is 65.9 Å². The van der Waals surface area contributed by atoms with E-state index in [9.17, 15) is 4.79 Å². The molecule has 0 aromatic heterocycles. The molecule has 0 radical (unpaired) electrons. The highest BCUT2D eigenvalue weighted by Crippen LogP contribution is 2.31. The number of anilines is 2. The van der Waals surface area contributed by atoms with Crippen LogP contribution in [0.5, 0.6) is 5.75 Å². The molecule has 5 rings (SSSR count). The Morgan fingerprint density at radius 1 is 1.00 bits per heavy atom. The summed E-state index contributed by atoms with van der Waals surface area (Å²) in [5.41, 5.74) is 5.75. The van der Waals surface area contributed by atoms with E-state index in [1.165, 1.54) is 16.8 Å². The maximum absolute atomic E-state index is 12.5.